The van der Waals surface area contributed by atoms with Crippen molar-refractivity contribution >= 4 is 5.78 Å². The van der Waals surface area contributed by atoms with E-state index in [4.69, 9.17) is 0 Å². The van der Waals surface area contributed by atoms with Crippen molar-refractivity contribution in [2.45, 2.75) is 18.5 Å². The van der Waals surface area contributed by atoms with E-state index < -0.39 is 17.3 Å². The highest BCUT2D eigenvalue weighted by atomic mass is 19.1. The zero-order chi connectivity index (χ0) is 9.47. The van der Waals surface area contributed by atoms with Gasteiger partial charge in [-0.3, -0.25) is 4.79 Å². The SMILES string of the molecule is O=C1CC1(F)Cc1ccccc1F. The molecular weight excluding hydrogens is 174 g/mol. The van der Waals surface area contributed by atoms with Crippen molar-refractivity contribution in [2.75, 3.05) is 0 Å². The van der Waals surface area contributed by atoms with Crippen LogP contribution in [0.25, 0.3) is 0 Å². The van der Waals surface area contributed by atoms with E-state index in [1.807, 2.05) is 0 Å². The molecule has 0 heterocycles. The first-order valence-electron chi connectivity index (χ1n) is 4.07. The number of hydrogen-bond acceptors (Lipinski definition) is 1. The lowest BCUT2D eigenvalue weighted by Crippen LogP contribution is -2.09. The van der Waals surface area contributed by atoms with E-state index in [9.17, 15) is 13.6 Å². The van der Waals surface area contributed by atoms with Gasteiger partial charge in [-0.1, -0.05) is 18.2 Å². The van der Waals surface area contributed by atoms with Crippen molar-refractivity contribution in [3.8, 4) is 0 Å². The van der Waals surface area contributed by atoms with E-state index in [0.717, 1.165) is 0 Å². The Morgan fingerprint density at radius 1 is 1.38 bits per heavy atom. The van der Waals surface area contributed by atoms with E-state index in [1.165, 1.54) is 12.1 Å². The van der Waals surface area contributed by atoms with Crippen LogP contribution in [-0.4, -0.2) is 11.5 Å². The van der Waals surface area contributed by atoms with Crippen molar-refractivity contribution in [3.63, 3.8) is 0 Å². The number of benzene rings is 1. The summed E-state index contributed by atoms with van der Waals surface area (Å²) in [5, 5.41) is 0. The molecule has 2 rings (SSSR count). The third-order valence-electron chi connectivity index (χ3n) is 2.24. The van der Waals surface area contributed by atoms with Gasteiger partial charge in [-0.2, -0.15) is 0 Å². The van der Waals surface area contributed by atoms with Gasteiger partial charge >= 0.3 is 0 Å². The Balaban J connectivity index is 2.19. The number of carbonyl (C=O) groups excluding carboxylic acids is 1. The summed E-state index contributed by atoms with van der Waals surface area (Å²) in [6.07, 6.45) is -0.195. The van der Waals surface area contributed by atoms with Crippen molar-refractivity contribution in [1.29, 1.82) is 0 Å². The topological polar surface area (TPSA) is 17.1 Å². The van der Waals surface area contributed by atoms with Crippen molar-refractivity contribution in [2.24, 2.45) is 0 Å². The van der Waals surface area contributed by atoms with Crippen LogP contribution in [0.3, 0.4) is 0 Å². The molecule has 3 heteroatoms. The van der Waals surface area contributed by atoms with Gasteiger partial charge in [-0.15, -0.1) is 0 Å². The molecule has 0 radical (unpaired) electrons. The van der Waals surface area contributed by atoms with Crippen LogP contribution >= 0.6 is 0 Å². The molecule has 68 valence electrons. The number of rotatable bonds is 2. The standard InChI is InChI=1S/C10H8F2O/c11-8-4-2-1-3-7(8)5-10(12)6-9(10)13/h1-4H,5-6H2. The van der Waals surface area contributed by atoms with Gasteiger partial charge in [-0.05, 0) is 11.6 Å². The van der Waals surface area contributed by atoms with Crippen LogP contribution < -0.4 is 0 Å². The molecule has 13 heavy (non-hydrogen) atoms. The monoisotopic (exact) mass is 182 g/mol. The summed E-state index contributed by atoms with van der Waals surface area (Å²) in [6.45, 7) is 0. The lowest BCUT2D eigenvalue weighted by molar-refractivity contribution is -0.113. The quantitative estimate of drug-likeness (QED) is 0.684. The molecule has 0 bridgehead atoms. The summed E-state index contributed by atoms with van der Waals surface area (Å²) in [4.78, 5) is 10.6. The highest BCUT2D eigenvalue weighted by Crippen LogP contribution is 2.38. The Labute approximate surface area is 74.4 Å². The van der Waals surface area contributed by atoms with E-state index >= 15 is 0 Å². The Hall–Kier alpha value is -1.25. The molecule has 1 aliphatic rings. The predicted molar refractivity (Wildman–Crippen MR) is 43.6 cm³/mol. The normalized spacial score (nSPS) is 26.2. The van der Waals surface area contributed by atoms with Crippen LogP contribution in [0.4, 0.5) is 8.78 Å². The molecule has 1 fully saturated rings. The largest absolute Gasteiger partial charge is 0.296 e. The van der Waals surface area contributed by atoms with E-state index in [2.05, 4.69) is 0 Å². The number of carbonyl (C=O) groups is 1. The van der Waals surface area contributed by atoms with E-state index in [1.54, 1.807) is 12.1 Å². The molecule has 0 amide bonds. The van der Waals surface area contributed by atoms with Gasteiger partial charge in [0.15, 0.2) is 11.5 Å². The summed E-state index contributed by atoms with van der Waals surface area (Å²) in [5.41, 5.74) is -1.50. The van der Waals surface area contributed by atoms with Crippen LogP contribution in [0.1, 0.15) is 12.0 Å². The molecule has 1 atom stereocenters. The smallest absolute Gasteiger partial charge is 0.180 e. The molecule has 1 nitrogen and oxygen atoms in total. The number of Topliss-reactive ketones (excluding diaryl/α,β-unsaturated/α-hetero) is 1. The molecule has 0 saturated heterocycles. The molecule has 1 unspecified atom stereocenters. The highest BCUT2D eigenvalue weighted by Gasteiger charge is 2.54. The number of alkyl halides is 1. The maximum atomic E-state index is 13.2. The van der Waals surface area contributed by atoms with Gasteiger partial charge in [0.2, 0.25) is 0 Å². The molecule has 0 aliphatic heterocycles. The first-order valence-corrected chi connectivity index (χ1v) is 4.07. The minimum atomic E-state index is -1.78. The van der Waals surface area contributed by atoms with Crippen molar-refractivity contribution in [1.82, 2.24) is 0 Å². The second kappa shape index (κ2) is 2.62. The third kappa shape index (κ3) is 1.46. The van der Waals surface area contributed by atoms with Gasteiger partial charge < -0.3 is 0 Å². The van der Waals surface area contributed by atoms with Crippen LogP contribution in [0, 0.1) is 5.82 Å². The van der Waals surface area contributed by atoms with Crippen LogP contribution in [0.2, 0.25) is 0 Å². The fourth-order valence-electron chi connectivity index (χ4n) is 1.32. The van der Waals surface area contributed by atoms with Gasteiger partial charge in [0.1, 0.15) is 5.82 Å². The minimum Gasteiger partial charge on any atom is -0.296 e. The summed E-state index contributed by atoms with van der Waals surface area (Å²) in [5.74, 6) is -0.866. The van der Waals surface area contributed by atoms with Crippen LogP contribution in [0.15, 0.2) is 24.3 Å². The van der Waals surface area contributed by atoms with E-state index in [0.29, 0.717) is 0 Å². The van der Waals surface area contributed by atoms with Crippen LogP contribution in [0.5, 0.6) is 0 Å². The molecular formula is C10H8F2O. The number of ketones is 1. The van der Waals surface area contributed by atoms with Gasteiger partial charge in [0.25, 0.3) is 0 Å². The van der Waals surface area contributed by atoms with E-state index in [-0.39, 0.29) is 18.4 Å². The van der Waals surface area contributed by atoms with Gasteiger partial charge in [-0.25, -0.2) is 8.78 Å². The molecule has 1 aromatic carbocycles. The minimum absolute atomic E-state index is 0.0681. The molecule has 1 aliphatic carbocycles. The lowest BCUT2D eigenvalue weighted by atomic mass is 10.1. The summed E-state index contributed by atoms with van der Waals surface area (Å²) in [6, 6.07) is 5.95. The Kier molecular flexibility index (Phi) is 1.68. The highest BCUT2D eigenvalue weighted by molar-refractivity contribution is 6.04. The average molecular weight is 182 g/mol. The predicted octanol–water partition coefficient (Wildman–Crippen LogP) is 2.05. The zero-order valence-corrected chi connectivity index (χ0v) is 6.89. The molecule has 1 aromatic rings. The molecule has 0 spiro atoms. The maximum absolute atomic E-state index is 13.2. The maximum Gasteiger partial charge on any atom is 0.180 e. The Morgan fingerprint density at radius 2 is 2.00 bits per heavy atom. The number of halogens is 2. The molecule has 1 saturated carbocycles. The average Bonchev–Trinajstić information content (AvgIpc) is 2.65. The van der Waals surface area contributed by atoms with Crippen molar-refractivity contribution < 1.29 is 13.6 Å². The second-order valence-electron chi connectivity index (χ2n) is 3.33. The second-order valence-corrected chi connectivity index (χ2v) is 3.33. The Morgan fingerprint density at radius 3 is 2.54 bits per heavy atom. The van der Waals surface area contributed by atoms with Crippen LogP contribution in [-0.2, 0) is 11.2 Å². The summed E-state index contributed by atoms with van der Waals surface area (Å²) >= 11 is 0. The fourth-order valence-corrected chi connectivity index (χ4v) is 1.32. The van der Waals surface area contributed by atoms with Gasteiger partial charge in [0.05, 0.1) is 6.42 Å². The van der Waals surface area contributed by atoms with Gasteiger partial charge in [0, 0.05) is 6.42 Å². The zero-order valence-electron chi connectivity index (χ0n) is 6.89. The first-order chi connectivity index (χ1) is 6.12. The van der Waals surface area contributed by atoms with Crippen molar-refractivity contribution in [3.05, 3.63) is 35.6 Å². The summed E-state index contributed by atoms with van der Waals surface area (Å²) < 4.78 is 26.2. The summed E-state index contributed by atoms with van der Waals surface area (Å²) in [7, 11) is 0. The third-order valence-corrected chi connectivity index (χ3v) is 2.24. The molecule has 0 N–H and O–H groups in total. The Bertz CT molecular complexity index is 362. The first kappa shape index (κ1) is 8.35. The lowest BCUT2D eigenvalue weighted by Gasteiger charge is -2.03. The number of hydrogen-bond donors (Lipinski definition) is 0. The fraction of sp³-hybridized carbons (Fsp3) is 0.300. The molecule has 0 aromatic heterocycles.